The number of para-hydroxylation sites is 1. The van der Waals surface area contributed by atoms with Gasteiger partial charge in [0.2, 0.25) is 10.0 Å². The van der Waals surface area contributed by atoms with Crippen molar-refractivity contribution in [3.8, 4) is 0 Å². The molecule has 2 rings (SSSR count). The summed E-state index contributed by atoms with van der Waals surface area (Å²) in [5.41, 5.74) is 0.796. The molecule has 0 aliphatic carbocycles. The van der Waals surface area contributed by atoms with Gasteiger partial charge in [-0.1, -0.05) is 12.1 Å². The molecule has 1 heterocycles. The fourth-order valence-corrected chi connectivity index (χ4v) is 3.39. The van der Waals surface area contributed by atoms with E-state index in [1.165, 1.54) is 4.31 Å². The van der Waals surface area contributed by atoms with Crippen molar-refractivity contribution in [2.24, 2.45) is 0 Å². The minimum Gasteiger partial charge on any atom is -0.368 e. The van der Waals surface area contributed by atoms with E-state index in [2.05, 4.69) is 17.1 Å². The SMILES string of the molecule is CC1CN(c2ccccc2S(=O)(=O)N(C)C)CCN1. The van der Waals surface area contributed by atoms with Crippen molar-refractivity contribution >= 4 is 15.7 Å². The first-order chi connectivity index (χ1) is 8.93. The Labute approximate surface area is 115 Å². The zero-order valence-corrected chi connectivity index (χ0v) is 12.4. The van der Waals surface area contributed by atoms with Crippen molar-refractivity contribution in [2.75, 3.05) is 38.6 Å². The van der Waals surface area contributed by atoms with Crippen LogP contribution >= 0.6 is 0 Å². The van der Waals surface area contributed by atoms with Crippen LogP contribution < -0.4 is 10.2 Å². The molecule has 1 unspecified atom stereocenters. The molecule has 1 aliphatic rings. The van der Waals surface area contributed by atoms with Gasteiger partial charge in [-0.25, -0.2) is 12.7 Å². The topological polar surface area (TPSA) is 52.7 Å². The first kappa shape index (κ1) is 14.3. The number of nitrogens with one attached hydrogen (secondary N) is 1. The van der Waals surface area contributed by atoms with Crippen LogP contribution in [0.5, 0.6) is 0 Å². The first-order valence-electron chi connectivity index (χ1n) is 6.43. The summed E-state index contributed by atoms with van der Waals surface area (Å²) in [5, 5.41) is 3.36. The average molecular weight is 283 g/mol. The minimum atomic E-state index is -3.40. The van der Waals surface area contributed by atoms with E-state index in [4.69, 9.17) is 0 Å². The molecule has 106 valence electrons. The highest BCUT2D eigenvalue weighted by atomic mass is 32.2. The molecule has 1 aromatic carbocycles. The molecule has 1 saturated heterocycles. The Kier molecular flexibility index (Phi) is 4.13. The van der Waals surface area contributed by atoms with Gasteiger partial charge in [-0.3, -0.25) is 0 Å². The Morgan fingerprint density at radius 3 is 2.63 bits per heavy atom. The van der Waals surface area contributed by atoms with Gasteiger partial charge in [0, 0.05) is 39.8 Å². The van der Waals surface area contributed by atoms with E-state index in [-0.39, 0.29) is 0 Å². The van der Waals surface area contributed by atoms with Crippen LogP contribution in [0.2, 0.25) is 0 Å². The molecular formula is C13H21N3O2S. The van der Waals surface area contributed by atoms with Crippen LogP contribution in [-0.2, 0) is 10.0 Å². The minimum absolute atomic E-state index is 0.365. The van der Waals surface area contributed by atoms with Crippen molar-refractivity contribution in [3.05, 3.63) is 24.3 Å². The Morgan fingerprint density at radius 1 is 1.32 bits per heavy atom. The summed E-state index contributed by atoms with van der Waals surface area (Å²) in [5.74, 6) is 0. The van der Waals surface area contributed by atoms with Crippen molar-refractivity contribution in [1.29, 1.82) is 0 Å². The zero-order valence-electron chi connectivity index (χ0n) is 11.6. The smallest absolute Gasteiger partial charge is 0.244 e. The summed E-state index contributed by atoms with van der Waals surface area (Å²) in [4.78, 5) is 2.52. The normalized spacial score (nSPS) is 20.8. The number of rotatable bonds is 3. The summed E-state index contributed by atoms with van der Waals surface area (Å²) in [6.07, 6.45) is 0. The molecule has 1 fully saturated rings. The lowest BCUT2D eigenvalue weighted by Gasteiger charge is -2.34. The second-order valence-corrected chi connectivity index (χ2v) is 7.18. The van der Waals surface area contributed by atoms with Gasteiger partial charge < -0.3 is 10.2 Å². The fourth-order valence-electron chi connectivity index (χ4n) is 2.28. The number of sulfonamides is 1. The molecule has 0 radical (unpaired) electrons. The quantitative estimate of drug-likeness (QED) is 0.889. The Morgan fingerprint density at radius 2 is 2.00 bits per heavy atom. The summed E-state index contributed by atoms with van der Waals surface area (Å²) < 4.78 is 26.0. The molecule has 0 aromatic heterocycles. The van der Waals surface area contributed by atoms with Crippen molar-refractivity contribution in [2.45, 2.75) is 17.9 Å². The van der Waals surface area contributed by atoms with Gasteiger partial charge in [-0.15, -0.1) is 0 Å². The predicted molar refractivity (Wildman–Crippen MR) is 77.0 cm³/mol. The summed E-state index contributed by atoms with van der Waals surface area (Å²) in [6, 6.07) is 7.58. The van der Waals surface area contributed by atoms with Crippen LogP contribution in [0, 0.1) is 0 Å². The number of benzene rings is 1. The lowest BCUT2D eigenvalue weighted by atomic mass is 10.2. The lowest BCUT2D eigenvalue weighted by molar-refractivity contribution is 0.481. The molecule has 0 saturated carbocycles. The molecular weight excluding hydrogens is 262 g/mol. The van der Waals surface area contributed by atoms with E-state index in [1.54, 1.807) is 26.2 Å². The Balaban J connectivity index is 2.42. The molecule has 19 heavy (non-hydrogen) atoms. The van der Waals surface area contributed by atoms with Crippen LogP contribution in [0.15, 0.2) is 29.2 Å². The highest BCUT2D eigenvalue weighted by molar-refractivity contribution is 7.89. The fraction of sp³-hybridized carbons (Fsp3) is 0.538. The van der Waals surface area contributed by atoms with Gasteiger partial charge in [0.1, 0.15) is 4.90 Å². The Hall–Kier alpha value is -1.11. The second-order valence-electron chi connectivity index (χ2n) is 5.06. The van der Waals surface area contributed by atoms with Crippen LogP contribution in [0.4, 0.5) is 5.69 Å². The molecule has 1 atom stereocenters. The maximum atomic E-state index is 12.4. The number of hydrogen-bond acceptors (Lipinski definition) is 4. The van der Waals surface area contributed by atoms with E-state index >= 15 is 0 Å². The Bertz CT molecular complexity index is 543. The third kappa shape index (κ3) is 2.91. The van der Waals surface area contributed by atoms with Crippen molar-refractivity contribution in [1.82, 2.24) is 9.62 Å². The molecule has 0 spiro atoms. The number of nitrogens with zero attached hydrogens (tertiary/aromatic N) is 2. The van der Waals surface area contributed by atoms with Gasteiger partial charge in [-0.2, -0.15) is 0 Å². The highest BCUT2D eigenvalue weighted by Gasteiger charge is 2.25. The monoisotopic (exact) mass is 283 g/mol. The highest BCUT2D eigenvalue weighted by Crippen LogP contribution is 2.27. The average Bonchev–Trinajstić information content (AvgIpc) is 2.38. The molecule has 1 aliphatic heterocycles. The van der Waals surface area contributed by atoms with Gasteiger partial charge in [0.25, 0.3) is 0 Å². The largest absolute Gasteiger partial charge is 0.368 e. The second kappa shape index (κ2) is 5.48. The van der Waals surface area contributed by atoms with Crippen LogP contribution in [0.3, 0.4) is 0 Å². The number of piperazine rings is 1. The molecule has 6 heteroatoms. The lowest BCUT2D eigenvalue weighted by Crippen LogP contribution is -2.49. The van der Waals surface area contributed by atoms with Crippen LogP contribution in [-0.4, -0.2) is 52.5 Å². The molecule has 0 amide bonds. The van der Waals surface area contributed by atoms with Gasteiger partial charge in [0.15, 0.2) is 0 Å². The van der Waals surface area contributed by atoms with Gasteiger partial charge in [-0.05, 0) is 19.1 Å². The van der Waals surface area contributed by atoms with E-state index in [0.717, 1.165) is 25.3 Å². The third-order valence-corrected chi connectivity index (χ3v) is 5.20. The van der Waals surface area contributed by atoms with Gasteiger partial charge in [0.05, 0.1) is 5.69 Å². The van der Waals surface area contributed by atoms with E-state index in [0.29, 0.717) is 10.9 Å². The standard InChI is InChI=1S/C13H21N3O2S/c1-11-10-16(9-8-14-11)12-6-4-5-7-13(12)19(17,18)15(2)3/h4-7,11,14H,8-10H2,1-3H3. The van der Waals surface area contributed by atoms with Crippen molar-refractivity contribution in [3.63, 3.8) is 0 Å². The van der Waals surface area contributed by atoms with Crippen LogP contribution in [0.1, 0.15) is 6.92 Å². The summed E-state index contributed by atoms with van der Waals surface area (Å²) >= 11 is 0. The first-order valence-corrected chi connectivity index (χ1v) is 7.87. The maximum Gasteiger partial charge on any atom is 0.244 e. The van der Waals surface area contributed by atoms with E-state index in [1.807, 2.05) is 12.1 Å². The number of anilines is 1. The van der Waals surface area contributed by atoms with Crippen molar-refractivity contribution < 1.29 is 8.42 Å². The molecule has 1 N–H and O–H groups in total. The number of hydrogen-bond donors (Lipinski definition) is 1. The molecule has 0 bridgehead atoms. The maximum absolute atomic E-state index is 12.4. The van der Waals surface area contributed by atoms with E-state index < -0.39 is 10.0 Å². The predicted octanol–water partition coefficient (Wildman–Crippen LogP) is 0.735. The zero-order chi connectivity index (χ0) is 14.0. The van der Waals surface area contributed by atoms with Gasteiger partial charge >= 0.3 is 0 Å². The third-order valence-electron chi connectivity index (χ3n) is 3.33. The molecule has 1 aromatic rings. The summed E-state index contributed by atoms with van der Waals surface area (Å²) in [7, 11) is -0.279. The molecule has 5 nitrogen and oxygen atoms in total. The van der Waals surface area contributed by atoms with E-state index in [9.17, 15) is 8.42 Å². The summed E-state index contributed by atoms with van der Waals surface area (Å²) in [6.45, 7) is 4.62. The van der Waals surface area contributed by atoms with Crippen LogP contribution in [0.25, 0.3) is 0 Å².